The number of nitrogens with zero attached hydrogens (tertiary/aromatic N) is 2. The Morgan fingerprint density at radius 3 is 2.50 bits per heavy atom. The molecule has 0 saturated carbocycles. The predicted molar refractivity (Wildman–Crippen MR) is 92.4 cm³/mol. The van der Waals surface area contributed by atoms with E-state index in [0.717, 1.165) is 38.4 Å². The van der Waals surface area contributed by atoms with Gasteiger partial charge in [0.2, 0.25) is 0 Å². The van der Waals surface area contributed by atoms with Crippen LogP contribution in [0.1, 0.15) is 19.4 Å². The van der Waals surface area contributed by atoms with Crippen LogP contribution in [0.5, 0.6) is 0 Å². The van der Waals surface area contributed by atoms with Crippen LogP contribution in [0.3, 0.4) is 0 Å². The summed E-state index contributed by atoms with van der Waals surface area (Å²) in [6, 6.07) is 9.67. The molecule has 0 spiro atoms. The SMILES string of the molecule is CC(C)N(Cc1ccccc1)C(=O)C(=O)NCCN1CCOCC1. The van der Waals surface area contributed by atoms with Gasteiger partial charge in [-0.1, -0.05) is 30.3 Å². The van der Waals surface area contributed by atoms with Crippen molar-refractivity contribution in [2.24, 2.45) is 0 Å². The van der Waals surface area contributed by atoms with Crippen LogP contribution in [0, 0.1) is 0 Å². The maximum atomic E-state index is 12.5. The minimum absolute atomic E-state index is 0.0392. The summed E-state index contributed by atoms with van der Waals surface area (Å²) in [4.78, 5) is 28.4. The molecule has 6 nitrogen and oxygen atoms in total. The number of benzene rings is 1. The first-order chi connectivity index (χ1) is 11.6. The lowest BCUT2D eigenvalue weighted by atomic mass is 10.2. The maximum absolute atomic E-state index is 12.5. The quantitative estimate of drug-likeness (QED) is 0.785. The second kappa shape index (κ2) is 9.39. The number of rotatable bonds is 6. The van der Waals surface area contributed by atoms with E-state index in [4.69, 9.17) is 4.74 Å². The molecule has 2 rings (SSSR count). The zero-order valence-electron chi connectivity index (χ0n) is 14.5. The summed E-state index contributed by atoms with van der Waals surface area (Å²) in [5, 5.41) is 2.74. The van der Waals surface area contributed by atoms with Crippen molar-refractivity contribution < 1.29 is 14.3 Å². The molecule has 2 amide bonds. The molecule has 132 valence electrons. The highest BCUT2D eigenvalue weighted by molar-refractivity contribution is 6.35. The van der Waals surface area contributed by atoms with Crippen molar-refractivity contribution in [2.75, 3.05) is 39.4 Å². The van der Waals surface area contributed by atoms with Gasteiger partial charge < -0.3 is 15.0 Å². The van der Waals surface area contributed by atoms with Gasteiger partial charge in [0.05, 0.1) is 13.2 Å². The van der Waals surface area contributed by atoms with E-state index < -0.39 is 11.8 Å². The highest BCUT2D eigenvalue weighted by atomic mass is 16.5. The average Bonchev–Trinajstić information content (AvgIpc) is 2.60. The second-order valence-corrected chi connectivity index (χ2v) is 6.22. The fraction of sp³-hybridized carbons (Fsp3) is 0.556. The van der Waals surface area contributed by atoms with E-state index in [1.165, 1.54) is 0 Å². The molecule has 0 unspecified atom stereocenters. The first-order valence-electron chi connectivity index (χ1n) is 8.50. The van der Waals surface area contributed by atoms with Crippen molar-refractivity contribution in [3.05, 3.63) is 35.9 Å². The Morgan fingerprint density at radius 1 is 1.21 bits per heavy atom. The van der Waals surface area contributed by atoms with Crippen molar-refractivity contribution in [1.29, 1.82) is 0 Å². The predicted octanol–water partition coefficient (Wildman–Crippen LogP) is 0.872. The Balaban J connectivity index is 1.83. The van der Waals surface area contributed by atoms with Gasteiger partial charge in [-0.2, -0.15) is 0 Å². The van der Waals surface area contributed by atoms with E-state index in [1.807, 2.05) is 44.2 Å². The van der Waals surface area contributed by atoms with Gasteiger partial charge in [-0.05, 0) is 19.4 Å². The van der Waals surface area contributed by atoms with Gasteiger partial charge in [0.15, 0.2) is 0 Å². The van der Waals surface area contributed by atoms with Gasteiger partial charge in [0.1, 0.15) is 0 Å². The first-order valence-corrected chi connectivity index (χ1v) is 8.50. The number of carbonyl (C=O) groups excluding carboxylic acids is 2. The Morgan fingerprint density at radius 2 is 1.88 bits per heavy atom. The second-order valence-electron chi connectivity index (χ2n) is 6.22. The molecule has 6 heteroatoms. The zero-order valence-corrected chi connectivity index (χ0v) is 14.5. The Bertz CT molecular complexity index is 528. The summed E-state index contributed by atoms with van der Waals surface area (Å²) >= 11 is 0. The van der Waals surface area contributed by atoms with Crippen LogP contribution in [-0.4, -0.2) is 67.0 Å². The molecular formula is C18H27N3O3. The third-order valence-corrected chi connectivity index (χ3v) is 4.09. The Labute approximate surface area is 143 Å². The molecule has 1 saturated heterocycles. The summed E-state index contributed by atoms with van der Waals surface area (Å²) < 4.78 is 5.29. The summed E-state index contributed by atoms with van der Waals surface area (Å²) in [5.74, 6) is -1.01. The standard InChI is InChI=1S/C18H27N3O3/c1-15(2)21(14-16-6-4-3-5-7-16)18(23)17(22)19-8-9-20-10-12-24-13-11-20/h3-7,15H,8-14H2,1-2H3,(H,19,22). The number of nitrogens with one attached hydrogen (secondary N) is 1. The zero-order chi connectivity index (χ0) is 17.4. The van der Waals surface area contributed by atoms with Crippen LogP contribution < -0.4 is 5.32 Å². The lowest BCUT2D eigenvalue weighted by Crippen LogP contribution is -2.48. The minimum Gasteiger partial charge on any atom is -0.379 e. The number of hydrogen-bond acceptors (Lipinski definition) is 4. The van der Waals surface area contributed by atoms with Crippen LogP contribution in [0.2, 0.25) is 0 Å². The lowest BCUT2D eigenvalue weighted by Gasteiger charge is -2.28. The number of amides is 2. The summed E-state index contributed by atoms with van der Waals surface area (Å²) in [7, 11) is 0. The summed E-state index contributed by atoms with van der Waals surface area (Å²) in [5.41, 5.74) is 1.01. The molecule has 24 heavy (non-hydrogen) atoms. The highest BCUT2D eigenvalue weighted by Gasteiger charge is 2.24. The Hall–Kier alpha value is -1.92. The molecule has 1 N–H and O–H groups in total. The van der Waals surface area contributed by atoms with Crippen molar-refractivity contribution in [3.8, 4) is 0 Å². The molecule has 1 fully saturated rings. The van der Waals surface area contributed by atoms with Crippen LogP contribution in [0.4, 0.5) is 0 Å². The molecule has 0 aromatic heterocycles. The molecule has 1 aromatic carbocycles. The summed E-state index contributed by atoms with van der Waals surface area (Å²) in [6.07, 6.45) is 0. The minimum atomic E-state index is -0.534. The van der Waals surface area contributed by atoms with Gasteiger partial charge in [-0.15, -0.1) is 0 Å². The fourth-order valence-corrected chi connectivity index (χ4v) is 2.63. The van der Waals surface area contributed by atoms with Crippen molar-refractivity contribution in [3.63, 3.8) is 0 Å². The van der Waals surface area contributed by atoms with E-state index in [1.54, 1.807) is 4.90 Å². The van der Waals surface area contributed by atoms with Gasteiger partial charge >= 0.3 is 11.8 Å². The number of ether oxygens (including phenoxy) is 1. The van der Waals surface area contributed by atoms with E-state index in [9.17, 15) is 9.59 Å². The van der Waals surface area contributed by atoms with Gasteiger partial charge in [0.25, 0.3) is 0 Å². The van der Waals surface area contributed by atoms with Crippen LogP contribution >= 0.6 is 0 Å². The first kappa shape index (κ1) is 18.4. The molecule has 0 atom stereocenters. The smallest absolute Gasteiger partial charge is 0.312 e. The molecule has 0 aliphatic carbocycles. The maximum Gasteiger partial charge on any atom is 0.312 e. The van der Waals surface area contributed by atoms with Crippen LogP contribution in [0.25, 0.3) is 0 Å². The van der Waals surface area contributed by atoms with E-state index in [0.29, 0.717) is 13.1 Å². The van der Waals surface area contributed by atoms with Crippen molar-refractivity contribution >= 4 is 11.8 Å². The topological polar surface area (TPSA) is 61.9 Å². The third-order valence-electron chi connectivity index (χ3n) is 4.09. The number of carbonyl (C=O) groups is 2. The third kappa shape index (κ3) is 5.62. The van der Waals surface area contributed by atoms with E-state index in [-0.39, 0.29) is 6.04 Å². The Kier molecular flexibility index (Phi) is 7.21. The van der Waals surface area contributed by atoms with Crippen molar-refractivity contribution in [2.45, 2.75) is 26.4 Å². The largest absolute Gasteiger partial charge is 0.379 e. The van der Waals surface area contributed by atoms with E-state index >= 15 is 0 Å². The van der Waals surface area contributed by atoms with Gasteiger partial charge in [-0.3, -0.25) is 14.5 Å². The summed E-state index contributed by atoms with van der Waals surface area (Å²) in [6.45, 7) is 8.69. The molecule has 1 aliphatic heterocycles. The van der Waals surface area contributed by atoms with Gasteiger partial charge in [0, 0.05) is 38.8 Å². The lowest BCUT2D eigenvalue weighted by molar-refractivity contribution is -0.147. The van der Waals surface area contributed by atoms with Crippen molar-refractivity contribution in [1.82, 2.24) is 15.1 Å². The molecular weight excluding hydrogens is 306 g/mol. The van der Waals surface area contributed by atoms with Gasteiger partial charge in [-0.25, -0.2) is 0 Å². The monoisotopic (exact) mass is 333 g/mol. The molecule has 0 radical (unpaired) electrons. The van der Waals surface area contributed by atoms with Crippen LogP contribution in [-0.2, 0) is 20.9 Å². The molecule has 1 aromatic rings. The van der Waals surface area contributed by atoms with Crippen LogP contribution in [0.15, 0.2) is 30.3 Å². The normalized spacial score (nSPS) is 15.3. The van der Waals surface area contributed by atoms with E-state index in [2.05, 4.69) is 10.2 Å². The fourth-order valence-electron chi connectivity index (χ4n) is 2.63. The highest BCUT2D eigenvalue weighted by Crippen LogP contribution is 2.08. The molecule has 1 heterocycles. The average molecular weight is 333 g/mol. The molecule has 0 bridgehead atoms. The number of hydrogen-bond donors (Lipinski definition) is 1. The number of morpholine rings is 1. The molecule has 1 aliphatic rings.